The average Bonchev–Trinajstić information content (AvgIpc) is 2.60. The second-order valence-electron chi connectivity index (χ2n) is 4.39. The molecule has 0 aliphatic heterocycles. The highest BCUT2D eigenvalue weighted by atomic mass is 79.9. The monoisotopic (exact) mass is 288 g/mol. The molecule has 2 atom stereocenters. The number of rotatable bonds is 1. The highest BCUT2D eigenvalue weighted by molar-refractivity contribution is 9.10. The van der Waals surface area contributed by atoms with E-state index in [1.165, 1.54) is 19.3 Å². The summed E-state index contributed by atoms with van der Waals surface area (Å²) in [6.45, 7) is 4.24. The Morgan fingerprint density at radius 3 is 2.60 bits per heavy atom. The zero-order valence-electron chi connectivity index (χ0n) is 8.93. The molecule has 2 nitrogen and oxygen atoms in total. The van der Waals surface area contributed by atoms with E-state index in [2.05, 4.69) is 32.8 Å². The third kappa shape index (κ3) is 2.34. The predicted molar refractivity (Wildman–Crippen MR) is 65.2 cm³/mol. The molecular weight excluding hydrogens is 275 g/mol. The minimum atomic E-state index is 0.504. The standard InChI is InChI=1S/C11H14BrClN2/c1-6-3-4-8(5-6)11-14-7(2)9(12)10(13)15-11/h6,8H,3-5H2,1-2H3. The van der Waals surface area contributed by atoms with E-state index < -0.39 is 0 Å². The molecule has 0 bridgehead atoms. The summed E-state index contributed by atoms with van der Waals surface area (Å²) in [7, 11) is 0. The first-order chi connectivity index (χ1) is 7.08. The van der Waals surface area contributed by atoms with Gasteiger partial charge in [-0.3, -0.25) is 0 Å². The summed E-state index contributed by atoms with van der Waals surface area (Å²) in [5.74, 6) is 2.22. The molecule has 2 rings (SSSR count). The van der Waals surface area contributed by atoms with Crippen molar-refractivity contribution in [1.29, 1.82) is 0 Å². The van der Waals surface area contributed by atoms with E-state index >= 15 is 0 Å². The van der Waals surface area contributed by atoms with Crippen LogP contribution in [-0.4, -0.2) is 9.97 Å². The van der Waals surface area contributed by atoms with Gasteiger partial charge in [0.1, 0.15) is 11.0 Å². The Hall–Kier alpha value is -0.150. The van der Waals surface area contributed by atoms with Crippen molar-refractivity contribution in [3.8, 4) is 0 Å². The molecule has 1 aromatic heterocycles. The zero-order valence-corrected chi connectivity index (χ0v) is 11.3. The molecule has 2 unspecified atom stereocenters. The third-order valence-corrected chi connectivity index (χ3v) is 4.50. The lowest BCUT2D eigenvalue weighted by Crippen LogP contribution is -2.03. The van der Waals surface area contributed by atoms with Crippen molar-refractivity contribution in [2.24, 2.45) is 5.92 Å². The zero-order chi connectivity index (χ0) is 11.0. The van der Waals surface area contributed by atoms with Crippen LogP contribution in [0.4, 0.5) is 0 Å². The van der Waals surface area contributed by atoms with Crippen LogP contribution in [0.15, 0.2) is 4.47 Å². The van der Waals surface area contributed by atoms with E-state index in [0.29, 0.717) is 11.1 Å². The number of nitrogens with zero attached hydrogens (tertiary/aromatic N) is 2. The Kier molecular flexibility index (Phi) is 3.31. The van der Waals surface area contributed by atoms with Gasteiger partial charge in [-0.1, -0.05) is 18.5 Å². The number of hydrogen-bond donors (Lipinski definition) is 0. The topological polar surface area (TPSA) is 25.8 Å². The predicted octanol–water partition coefficient (Wildman–Crippen LogP) is 4.10. The molecule has 1 heterocycles. The van der Waals surface area contributed by atoms with Crippen molar-refractivity contribution in [2.45, 2.75) is 39.0 Å². The van der Waals surface area contributed by atoms with Gasteiger partial charge in [0.25, 0.3) is 0 Å². The van der Waals surface area contributed by atoms with Crippen molar-refractivity contribution < 1.29 is 0 Å². The molecule has 0 aromatic carbocycles. The van der Waals surface area contributed by atoms with E-state index in [1.807, 2.05) is 6.92 Å². The van der Waals surface area contributed by atoms with Crippen LogP contribution in [0.5, 0.6) is 0 Å². The Morgan fingerprint density at radius 1 is 1.33 bits per heavy atom. The summed E-state index contributed by atoms with van der Waals surface area (Å²) in [5, 5.41) is 0.539. The molecule has 4 heteroatoms. The van der Waals surface area contributed by atoms with Crippen molar-refractivity contribution in [2.75, 3.05) is 0 Å². The molecule has 0 spiro atoms. The summed E-state index contributed by atoms with van der Waals surface area (Å²) in [6, 6.07) is 0. The Labute approximate surface area is 104 Å². The van der Waals surface area contributed by atoms with Crippen LogP contribution >= 0.6 is 27.5 Å². The SMILES string of the molecule is Cc1nc(C2CCC(C)C2)nc(Cl)c1Br. The molecular formula is C11H14BrClN2. The van der Waals surface area contributed by atoms with E-state index in [9.17, 15) is 0 Å². The molecule has 0 saturated heterocycles. The summed E-state index contributed by atoms with van der Waals surface area (Å²) in [5.41, 5.74) is 0.935. The van der Waals surface area contributed by atoms with Crippen LogP contribution in [-0.2, 0) is 0 Å². The summed E-state index contributed by atoms with van der Waals surface area (Å²) < 4.78 is 0.818. The first-order valence-corrected chi connectivity index (χ1v) is 6.44. The summed E-state index contributed by atoms with van der Waals surface area (Å²) >= 11 is 9.41. The second-order valence-corrected chi connectivity index (χ2v) is 5.54. The normalized spacial score (nSPS) is 25.9. The van der Waals surface area contributed by atoms with Crippen molar-refractivity contribution in [3.63, 3.8) is 0 Å². The average molecular weight is 290 g/mol. The van der Waals surface area contributed by atoms with Gasteiger partial charge in [-0.25, -0.2) is 9.97 Å². The van der Waals surface area contributed by atoms with E-state index in [-0.39, 0.29) is 0 Å². The van der Waals surface area contributed by atoms with Crippen LogP contribution in [0, 0.1) is 12.8 Å². The lowest BCUT2D eigenvalue weighted by atomic mass is 10.1. The maximum Gasteiger partial charge on any atom is 0.147 e. The van der Waals surface area contributed by atoms with Gasteiger partial charge in [0.15, 0.2) is 0 Å². The second kappa shape index (κ2) is 4.38. The first kappa shape index (κ1) is 11.3. The first-order valence-electron chi connectivity index (χ1n) is 5.27. The largest absolute Gasteiger partial charge is 0.237 e. The molecule has 0 radical (unpaired) electrons. The highest BCUT2D eigenvalue weighted by Crippen LogP contribution is 2.37. The smallest absolute Gasteiger partial charge is 0.147 e. The van der Waals surface area contributed by atoms with Crippen molar-refractivity contribution in [3.05, 3.63) is 21.1 Å². The van der Waals surface area contributed by atoms with Gasteiger partial charge >= 0.3 is 0 Å². The molecule has 15 heavy (non-hydrogen) atoms. The van der Waals surface area contributed by atoms with Gasteiger partial charge < -0.3 is 0 Å². The molecule has 1 fully saturated rings. The fraction of sp³-hybridized carbons (Fsp3) is 0.636. The van der Waals surface area contributed by atoms with Gasteiger partial charge in [0, 0.05) is 5.92 Å². The summed E-state index contributed by atoms with van der Waals surface area (Å²) in [4.78, 5) is 8.87. The molecule has 1 aromatic rings. The van der Waals surface area contributed by atoms with E-state index in [0.717, 1.165) is 21.9 Å². The Morgan fingerprint density at radius 2 is 2.07 bits per heavy atom. The van der Waals surface area contributed by atoms with Gasteiger partial charge in [0.2, 0.25) is 0 Å². The Balaban J connectivity index is 2.29. The van der Waals surface area contributed by atoms with Crippen molar-refractivity contribution in [1.82, 2.24) is 9.97 Å². The highest BCUT2D eigenvalue weighted by Gasteiger charge is 2.25. The number of halogens is 2. The maximum atomic E-state index is 6.04. The van der Waals surface area contributed by atoms with Gasteiger partial charge in [-0.05, 0) is 48.0 Å². The van der Waals surface area contributed by atoms with Crippen LogP contribution in [0.1, 0.15) is 43.6 Å². The number of hydrogen-bond acceptors (Lipinski definition) is 2. The lowest BCUT2D eigenvalue weighted by molar-refractivity contribution is 0.584. The molecule has 1 saturated carbocycles. The number of aromatic nitrogens is 2. The number of aryl methyl sites for hydroxylation is 1. The lowest BCUT2D eigenvalue weighted by Gasteiger charge is -2.10. The van der Waals surface area contributed by atoms with Crippen molar-refractivity contribution >= 4 is 27.5 Å². The van der Waals surface area contributed by atoms with Gasteiger partial charge in [-0.2, -0.15) is 0 Å². The van der Waals surface area contributed by atoms with Crippen LogP contribution in [0.25, 0.3) is 0 Å². The quantitative estimate of drug-likeness (QED) is 0.727. The van der Waals surface area contributed by atoms with E-state index in [1.54, 1.807) is 0 Å². The van der Waals surface area contributed by atoms with Crippen LogP contribution in [0.3, 0.4) is 0 Å². The van der Waals surface area contributed by atoms with Gasteiger partial charge in [0.05, 0.1) is 10.2 Å². The maximum absolute atomic E-state index is 6.04. The fourth-order valence-electron chi connectivity index (χ4n) is 2.17. The van der Waals surface area contributed by atoms with Crippen LogP contribution in [0.2, 0.25) is 5.15 Å². The molecule has 82 valence electrons. The third-order valence-electron chi connectivity index (χ3n) is 3.05. The van der Waals surface area contributed by atoms with E-state index in [4.69, 9.17) is 11.6 Å². The Bertz CT molecular complexity index is 358. The minimum Gasteiger partial charge on any atom is -0.237 e. The molecule has 1 aliphatic rings. The molecule has 0 amide bonds. The van der Waals surface area contributed by atoms with Gasteiger partial charge in [-0.15, -0.1) is 0 Å². The van der Waals surface area contributed by atoms with Crippen LogP contribution < -0.4 is 0 Å². The molecule has 0 N–H and O–H groups in total. The summed E-state index contributed by atoms with van der Waals surface area (Å²) in [6.07, 6.45) is 3.66. The molecule has 1 aliphatic carbocycles. The minimum absolute atomic E-state index is 0.504. The fourth-order valence-corrected chi connectivity index (χ4v) is 2.57.